The van der Waals surface area contributed by atoms with E-state index < -0.39 is 17.9 Å². The summed E-state index contributed by atoms with van der Waals surface area (Å²) in [5.74, 6) is -3.91. The first-order chi connectivity index (χ1) is 7.97. The summed E-state index contributed by atoms with van der Waals surface area (Å²) in [5.41, 5.74) is 2.07. The van der Waals surface area contributed by atoms with Crippen LogP contribution in [0.2, 0.25) is 0 Å². The van der Waals surface area contributed by atoms with Gasteiger partial charge in [-0.2, -0.15) is 0 Å². The van der Waals surface area contributed by atoms with Crippen LogP contribution in [0.5, 0.6) is 0 Å². The van der Waals surface area contributed by atoms with Crippen LogP contribution in [0.4, 0.5) is 0 Å². The van der Waals surface area contributed by atoms with Crippen molar-refractivity contribution < 1.29 is 39.7 Å². The predicted molar refractivity (Wildman–Crippen MR) is 53.6 cm³/mol. The molecule has 0 aliphatic heterocycles. The Bertz CT molecular complexity index is 190. The van der Waals surface area contributed by atoms with Crippen LogP contribution in [-0.2, 0) is 19.3 Å². The zero-order valence-corrected chi connectivity index (χ0v) is 9.33. The fourth-order valence-corrected chi connectivity index (χ4v) is 0.322. The van der Waals surface area contributed by atoms with E-state index in [2.05, 4.69) is 15.3 Å². The van der Waals surface area contributed by atoms with E-state index in [0.717, 1.165) is 6.92 Å². The molecule has 0 heterocycles. The minimum Gasteiger partial charge on any atom is -0.481 e. The van der Waals surface area contributed by atoms with Crippen LogP contribution in [-0.4, -0.2) is 58.8 Å². The van der Waals surface area contributed by atoms with E-state index in [1.807, 2.05) is 0 Å². The van der Waals surface area contributed by atoms with Gasteiger partial charge in [-0.25, -0.2) is 0 Å². The summed E-state index contributed by atoms with van der Waals surface area (Å²) in [6.07, 6.45) is 0. The maximum absolute atomic E-state index is 9.76. The van der Waals surface area contributed by atoms with Crippen LogP contribution in [0.25, 0.3) is 0 Å². The standard InChI is InChI=1S/C4H11NO4.C4H6O4/c6-1-3-8-5-9-4-2-7;1-2(3(5)6)4(7)8/h5-7H,1-4H2;2H,1H3,(H,5,6)(H,7,8). The second kappa shape index (κ2) is 12.8. The molecule has 0 radical (unpaired) electrons. The summed E-state index contributed by atoms with van der Waals surface area (Å²) in [6.45, 7) is 1.34. The quantitative estimate of drug-likeness (QED) is 0.193. The summed E-state index contributed by atoms with van der Waals surface area (Å²) in [7, 11) is 0. The number of nitrogens with one attached hydrogen (secondary N) is 1. The van der Waals surface area contributed by atoms with Crippen molar-refractivity contribution in [3.63, 3.8) is 0 Å². The molecule has 17 heavy (non-hydrogen) atoms. The molecule has 0 bridgehead atoms. The SMILES string of the molecule is CC(C(=O)O)C(=O)O.OCCONOCCO. The summed E-state index contributed by atoms with van der Waals surface area (Å²) in [5, 5.41) is 32.2. The largest absolute Gasteiger partial charge is 0.481 e. The molecule has 0 aliphatic carbocycles. The van der Waals surface area contributed by atoms with Gasteiger partial charge in [-0.3, -0.25) is 19.3 Å². The summed E-state index contributed by atoms with van der Waals surface area (Å²) in [6, 6.07) is 0. The van der Waals surface area contributed by atoms with Crippen molar-refractivity contribution in [3.8, 4) is 0 Å². The molecule has 0 aliphatic rings. The molecular weight excluding hydrogens is 238 g/mol. The Morgan fingerprint density at radius 2 is 1.41 bits per heavy atom. The molecule has 9 heteroatoms. The number of hydrogen-bond acceptors (Lipinski definition) is 7. The van der Waals surface area contributed by atoms with E-state index in [-0.39, 0.29) is 26.4 Å². The number of rotatable bonds is 8. The molecule has 0 aromatic heterocycles. The van der Waals surface area contributed by atoms with Crippen molar-refractivity contribution in [2.75, 3.05) is 26.4 Å². The van der Waals surface area contributed by atoms with Gasteiger partial charge >= 0.3 is 11.9 Å². The fraction of sp³-hybridized carbons (Fsp3) is 0.750. The van der Waals surface area contributed by atoms with Crippen LogP contribution in [0.3, 0.4) is 0 Å². The number of carboxylic acids is 2. The van der Waals surface area contributed by atoms with Crippen LogP contribution < -0.4 is 5.64 Å². The lowest BCUT2D eigenvalue weighted by atomic mass is 10.2. The van der Waals surface area contributed by atoms with Crippen molar-refractivity contribution in [3.05, 3.63) is 0 Å². The Balaban J connectivity index is 0. The highest BCUT2D eigenvalue weighted by molar-refractivity contribution is 5.92. The molecule has 0 saturated carbocycles. The number of carboxylic acid groups (broad SMARTS) is 2. The van der Waals surface area contributed by atoms with Crippen molar-refractivity contribution in [2.45, 2.75) is 6.92 Å². The van der Waals surface area contributed by atoms with E-state index in [1.54, 1.807) is 0 Å². The Morgan fingerprint density at radius 1 is 1.06 bits per heavy atom. The number of aliphatic hydroxyl groups is 2. The van der Waals surface area contributed by atoms with Gasteiger partial charge in [-0.05, 0) is 6.92 Å². The second-order valence-electron chi connectivity index (χ2n) is 2.63. The second-order valence-corrected chi connectivity index (χ2v) is 2.63. The van der Waals surface area contributed by atoms with Crippen molar-refractivity contribution in [1.82, 2.24) is 5.64 Å². The third-order valence-electron chi connectivity index (χ3n) is 1.25. The Labute approximate surface area is 97.5 Å². The van der Waals surface area contributed by atoms with Crippen molar-refractivity contribution in [2.24, 2.45) is 5.92 Å². The first kappa shape index (κ1) is 18.1. The maximum atomic E-state index is 9.76. The van der Waals surface area contributed by atoms with Crippen molar-refractivity contribution >= 4 is 11.9 Å². The number of aliphatic hydroxyl groups excluding tert-OH is 2. The van der Waals surface area contributed by atoms with Gasteiger partial charge in [-0.1, -0.05) is 5.64 Å². The van der Waals surface area contributed by atoms with E-state index >= 15 is 0 Å². The highest BCUT2D eigenvalue weighted by atomic mass is 16.9. The molecule has 0 fully saturated rings. The summed E-state index contributed by atoms with van der Waals surface area (Å²) in [4.78, 5) is 28.4. The highest BCUT2D eigenvalue weighted by Crippen LogP contribution is 1.91. The van der Waals surface area contributed by atoms with Crippen LogP contribution >= 0.6 is 0 Å². The average molecular weight is 255 g/mol. The smallest absolute Gasteiger partial charge is 0.317 e. The van der Waals surface area contributed by atoms with E-state index in [4.69, 9.17) is 20.4 Å². The van der Waals surface area contributed by atoms with Gasteiger partial charge in [0.1, 0.15) is 0 Å². The molecule has 0 amide bonds. The molecule has 0 atom stereocenters. The predicted octanol–water partition coefficient (Wildman–Crippen LogP) is -1.78. The molecule has 0 saturated heterocycles. The van der Waals surface area contributed by atoms with Crippen LogP contribution in [0.15, 0.2) is 0 Å². The van der Waals surface area contributed by atoms with Gasteiger partial charge in [0, 0.05) is 0 Å². The molecule has 0 aromatic carbocycles. The zero-order valence-electron chi connectivity index (χ0n) is 9.33. The fourth-order valence-electron chi connectivity index (χ4n) is 0.322. The molecule has 102 valence electrons. The van der Waals surface area contributed by atoms with E-state index in [9.17, 15) is 9.59 Å². The number of hydrogen-bond donors (Lipinski definition) is 5. The molecule has 0 aromatic rings. The monoisotopic (exact) mass is 255 g/mol. The number of carbonyl (C=O) groups is 2. The molecule has 5 N–H and O–H groups in total. The third-order valence-corrected chi connectivity index (χ3v) is 1.25. The minimum absolute atomic E-state index is 0.0600. The Hall–Kier alpha value is -1.26. The average Bonchev–Trinajstić information content (AvgIpc) is 2.28. The summed E-state index contributed by atoms with van der Waals surface area (Å²) < 4.78 is 0. The Kier molecular flexibility index (Phi) is 13.6. The van der Waals surface area contributed by atoms with Gasteiger partial charge < -0.3 is 20.4 Å². The third kappa shape index (κ3) is 14.7. The van der Waals surface area contributed by atoms with Crippen molar-refractivity contribution in [1.29, 1.82) is 0 Å². The molecule has 9 nitrogen and oxygen atoms in total. The lowest BCUT2D eigenvalue weighted by molar-refractivity contribution is -0.178. The van der Waals surface area contributed by atoms with E-state index in [1.165, 1.54) is 0 Å². The van der Waals surface area contributed by atoms with Gasteiger partial charge in [-0.15, -0.1) is 0 Å². The van der Waals surface area contributed by atoms with Gasteiger partial charge in [0.2, 0.25) is 0 Å². The Morgan fingerprint density at radius 3 is 1.59 bits per heavy atom. The van der Waals surface area contributed by atoms with Gasteiger partial charge in [0.05, 0.1) is 26.4 Å². The minimum atomic E-state index is -1.31. The molecule has 0 rings (SSSR count). The maximum Gasteiger partial charge on any atom is 0.317 e. The van der Waals surface area contributed by atoms with Crippen LogP contribution in [0, 0.1) is 5.92 Å². The molecule has 0 spiro atoms. The van der Waals surface area contributed by atoms with Crippen LogP contribution in [0.1, 0.15) is 6.92 Å². The topological polar surface area (TPSA) is 146 Å². The van der Waals surface area contributed by atoms with Gasteiger partial charge in [0.25, 0.3) is 0 Å². The number of aliphatic carboxylic acids is 2. The normalized spacial score (nSPS) is 9.65. The lowest BCUT2D eigenvalue weighted by Crippen LogP contribution is -2.19. The van der Waals surface area contributed by atoms with E-state index in [0.29, 0.717) is 0 Å². The first-order valence-electron chi connectivity index (χ1n) is 4.63. The molecule has 0 unspecified atom stereocenters. The molecular formula is C8H17NO8. The highest BCUT2D eigenvalue weighted by Gasteiger charge is 2.18. The lowest BCUT2D eigenvalue weighted by Gasteiger charge is -2.01. The first-order valence-corrected chi connectivity index (χ1v) is 4.63. The summed E-state index contributed by atoms with van der Waals surface area (Å²) >= 11 is 0. The zero-order chi connectivity index (χ0) is 13.7. The van der Waals surface area contributed by atoms with Gasteiger partial charge in [0.15, 0.2) is 5.92 Å².